The summed E-state index contributed by atoms with van der Waals surface area (Å²) in [5, 5.41) is 9.51. The Balaban J connectivity index is 1.68. The molecule has 0 aliphatic rings. The third-order valence-electron chi connectivity index (χ3n) is 8.46. The Morgan fingerprint density at radius 1 is 0.652 bits per heavy atom. The van der Waals surface area contributed by atoms with Gasteiger partial charge in [0.1, 0.15) is 5.75 Å². The first kappa shape index (κ1) is 28.5. The normalized spacial score (nSPS) is 10.9. The fraction of sp³-hybridized carbons (Fsp3) is 0.0732. The van der Waals surface area contributed by atoms with Gasteiger partial charge in [-0.1, -0.05) is 83.9 Å². The zero-order valence-corrected chi connectivity index (χ0v) is 25.8. The zero-order valence-electron chi connectivity index (χ0n) is 25.8. The van der Waals surface area contributed by atoms with Gasteiger partial charge >= 0.3 is 0 Å². The van der Waals surface area contributed by atoms with Crippen LogP contribution < -0.4 is 4.74 Å². The van der Waals surface area contributed by atoms with Crippen molar-refractivity contribution in [1.29, 1.82) is 5.26 Å². The van der Waals surface area contributed by atoms with Crippen LogP contribution in [0.1, 0.15) is 16.7 Å². The van der Waals surface area contributed by atoms with Gasteiger partial charge in [-0.25, -0.2) is 4.85 Å². The van der Waals surface area contributed by atoms with Crippen LogP contribution >= 0.6 is 0 Å². The third kappa shape index (κ3) is 4.91. The summed E-state index contributed by atoms with van der Waals surface area (Å²) >= 11 is 0. The van der Waals surface area contributed by atoms with Crippen LogP contribution in [0.4, 0.5) is 5.69 Å². The minimum absolute atomic E-state index is 0.597. The van der Waals surface area contributed by atoms with E-state index in [1.807, 2.05) is 60.7 Å². The molecule has 0 aliphatic heterocycles. The summed E-state index contributed by atoms with van der Waals surface area (Å²) in [7, 11) is 1.68. The second-order valence-electron chi connectivity index (χ2n) is 11.4. The molecular formula is C41H30N4O. The van der Waals surface area contributed by atoms with E-state index in [1.165, 1.54) is 11.1 Å². The molecule has 0 saturated heterocycles. The molecular weight excluding hydrogens is 564 g/mol. The summed E-state index contributed by atoms with van der Waals surface area (Å²) in [5.74, 6) is 0.785. The summed E-state index contributed by atoms with van der Waals surface area (Å²) in [4.78, 5) is 3.65. The standard InChI is InChI=1S/C41H30N4O/c1-27-5-19-34(20-6-27)44-37(30-11-9-29(26-42)10-12-30)25-38-41(44)39(31-15-23-36(46-4)24-16-31)40(32-13-17-33(43-3)18-14-32)45(38)35-21-7-28(2)8-22-35/h5-25H,1-2,4H3. The van der Waals surface area contributed by atoms with Crippen molar-refractivity contribution in [3.63, 3.8) is 0 Å². The maximum Gasteiger partial charge on any atom is 0.187 e. The lowest BCUT2D eigenvalue weighted by atomic mass is 9.99. The number of aryl methyl sites for hydroxylation is 2. The van der Waals surface area contributed by atoms with Crippen molar-refractivity contribution < 1.29 is 4.74 Å². The number of benzene rings is 5. The number of ether oxygens (including phenoxy) is 1. The van der Waals surface area contributed by atoms with Gasteiger partial charge in [-0.15, -0.1) is 0 Å². The van der Waals surface area contributed by atoms with Gasteiger partial charge in [-0.2, -0.15) is 5.26 Å². The number of hydrogen-bond donors (Lipinski definition) is 0. The van der Waals surface area contributed by atoms with E-state index in [1.54, 1.807) is 7.11 Å². The lowest BCUT2D eigenvalue weighted by Gasteiger charge is -2.16. The van der Waals surface area contributed by atoms with Gasteiger partial charge in [-0.3, -0.25) is 0 Å². The number of hydrogen-bond acceptors (Lipinski definition) is 2. The summed E-state index contributed by atoms with van der Waals surface area (Å²) < 4.78 is 10.2. The van der Waals surface area contributed by atoms with Gasteiger partial charge in [0, 0.05) is 16.9 Å². The maximum absolute atomic E-state index is 9.51. The number of methoxy groups -OCH3 is 1. The van der Waals surface area contributed by atoms with Crippen molar-refractivity contribution in [3.8, 4) is 56.8 Å². The second-order valence-corrected chi connectivity index (χ2v) is 11.4. The topological polar surface area (TPSA) is 47.2 Å². The highest BCUT2D eigenvalue weighted by Gasteiger charge is 2.27. The van der Waals surface area contributed by atoms with Crippen molar-refractivity contribution in [2.24, 2.45) is 0 Å². The second kappa shape index (κ2) is 11.7. The van der Waals surface area contributed by atoms with E-state index in [4.69, 9.17) is 11.3 Å². The molecule has 7 aromatic rings. The quantitative estimate of drug-likeness (QED) is 0.180. The van der Waals surface area contributed by atoms with E-state index in [0.717, 1.165) is 61.8 Å². The molecule has 2 aromatic heterocycles. The molecule has 5 aromatic carbocycles. The number of nitrogens with zero attached hydrogens (tertiary/aromatic N) is 4. The number of aromatic nitrogens is 2. The van der Waals surface area contributed by atoms with Crippen LogP contribution in [-0.2, 0) is 0 Å². The fourth-order valence-corrected chi connectivity index (χ4v) is 6.10. The van der Waals surface area contributed by atoms with E-state index in [9.17, 15) is 5.26 Å². The molecule has 0 fully saturated rings. The van der Waals surface area contributed by atoms with Gasteiger partial charge in [0.05, 0.1) is 47.7 Å². The average molecular weight is 595 g/mol. The molecule has 0 bridgehead atoms. The molecule has 0 radical (unpaired) electrons. The Labute approximate surface area is 268 Å². The molecule has 5 nitrogen and oxygen atoms in total. The summed E-state index contributed by atoms with van der Waals surface area (Å²) in [6, 6.07) is 45.5. The summed E-state index contributed by atoms with van der Waals surface area (Å²) in [5.41, 5.74) is 13.9. The molecule has 5 heteroatoms. The van der Waals surface area contributed by atoms with Crippen LogP contribution in [0.3, 0.4) is 0 Å². The van der Waals surface area contributed by atoms with E-state index in [2.05, 4.69) is 101 Å². The Bertz CT molecular complexity index is 2230. The molecule has 0 amide bonds. The van der Waals surface area contributed by atoms with Crippen molar-refractivity contribution in [3.05, 3.63) is 156 Å². The van der Waals surface area contributed by atoms with E-state index in [-0.39, 0.29) is 0 Å². The average Bonchev–Trinajstić information content (AvgIpc) is 3.64. The summed E-state index contributed by atoms with van der Waals surface area (Å²) in [6.07, 6.45) is 0. The van der Waals surface area contributed by atoms with Crippen LogP contribution in [-0.4, -0.2) is 16.2 Å². The van der Waals surface area contributed by atoms with Crippen LogP contribution in [0, 0.1) is 31.8 Å². The lowest BCUT2D eigenvalue weighted by molar-refractivity contribution is 0.415. The highest BCUT2D eigenvalue weighted by Crippen LogP contribution is 2.47. The monoisotopic (exact) mass is 594 g/mol. The molecule has 2 heterocycles. The first-order chi connectivity index (χ1) is 22.5. The Morgan fingerprint density at radius 3 is 1.74 bits per heavy atom. The fourth-order valence-electron chi connectivity index (χ4n) is 6.10. The smallest absolute Gasteiger partial charge is 0.187 e. The van der Waals surface area contributed by atoms with Crippen LogP contribution in [0.15, 0.2) is 127 Å². The molecule has 0 unspecified atom stereocenters. The molecule has 0 saturated carbocycles. The maximum atomic E-state index is 9.51. The van der Waals surface area contributed by atoms with Gasteiger partial charge in [0.25, 0.3) is 0 Å². The predicted octanol–water partition coefficient (Wildman–Crippen LogP) is 10.5. The first-order valence-corrected chi connectivity index (χ1v) is 15.1. The molecule has 0 aliphatic carbocycles. The molecule has 46 heavy (non-hydrogen) atoms. The Hall–Kier alpha value is -6.30. The zero-order chi connectivity index (χ0) is 31.8. The minimum atomic E-state index is 0.597. The highest BCUT2D eigenvalue weighted by molar-refractivity contribution is 6.07. The largest absolute Gasteiger partial charge is 0.497 e. The highest BCUT2D eigenvalue weighted by atomic mass is 16.5. The molecule has 220 valence electrons. The molecule has 7 rings (SSSR count). The SMILES string of the molecule is [C-]#[N+]c1ccc(-c2c(-c3ccc(OC)cc3)c3c(cc(-c4ccc(C#N)cc4)n3-c3ccc(C)cc3)n2-c2ccc(C)cc2)cc1. The first-order valence-electron chi connectivity index (χ1n) is 15.1. The van der Waals surface area contributed by atoms with E-state index < -0.39 is 0 Å². The van der Waals surface area contributed by atoms with Gasteiger partial charge in [0.15, 0.2) is 5.69 Å². The van der Waals surface area contributed by atoms with Crippen molar-refractivity contribution in [1.82, 2.24) is 9.13 Å². The van der Waals surface area contributed by atoms with Gasteiger partial charge in [0.2, 0.25) is 0 Å². The third-order valence-corrected chi connectivity index (χ3v) is 8.46. The Morgan fingerprint density at radius 2 is 1.20 bits per heavy atom. The van der Waals surface area contributed by atoms with Crippen molar-refractivity contribution >= 4 is 16.7 Å². The van der Waals surface area contributed by atoms with Gasteiger partial charge < -0.3 is 13.9 Å². The van der Waals surface area contributed by atoms with Crippen LogP contribution in [0.5, 0.6) is 5.75 Å². The lowest BCUT2D eigenvalue weighted by Crippen LogP contribution is -1.99. The van der Waals surface area contributed by atoms with E-state index in [0.29, 0.717) is 11.3 Å². The molecule has 0 spiro atoms. The van der Waals surface area contributed by atoms with E-state index >= 15 is 0 Å². The number of nitriles is 1. The Kier molecular flexibility index (Phi) is 7.21. The van der Waals surface area contributed by atoms with Crippen LogP contribution in [0.2, 0.25) is 0 Å². The minimum Gasteiger partial charge on any atom is -0.497 e. The van der Waals surface area contributed by atoms with Crippen LogP contribution in [0.25, 0.3) is 60.9 Å². The molecule has 0 atom stereocenters. The molecule has 0 N–H and O–H groups in total. The van der Waals surface area contributed by atoms with Gasteiger partial charge in [-0.05, 0) is 85.1 Å². The van der Waals surface area contributed by atoms with Crippen molar-refractivity contribution in [2.45, 2.75) is 13.8 Å². The summed E-state index contributed by atoms with van der Waals surface area (Å²) in [6.45, 7) is 11.7. The van der Waals surface area contributed by atoms with Crippen molar-refractivity contribution in [2.75, 3.05) is 7.11 Å². The predicted molar refractivity (Wildman–Crippen MR) is 186 cm³/mol. The number of rotatable bonds is 6. The number of fused-ring (bicyclic) bond motifs is 1.